The van der Waals surface area contributed by atoms with Crippen molar-refractivity contribution < 1.29 is 14.3 Å². The van der Waals surface area contributed by atoms with Gasteiger partial charge in [-0.25, -0.2) is 4.79 Å². The van der Waals surface area contributed by atoms with Gasteiger partial charge in [-0.2, -0.15) is 5.26 Å². The molecule has 0 aliphatic carbocycles. The van der Waals surface area contributed by atoms with Crippen molar-refractivity contribution in [2.75, 3.05) is 13.2 Å². The molecule has 2 saturated heterocycles. The molecular formula is C14H22N2O3. The highest BCUT2D eigenvalue weighted by atomic mass is 16.6. The van der Waals surface area contributed by atoms with Crippen molar-refractivity contribution in [1.82, 2.24) is 4.90 Å². The first-order chi connectivity index (χ1) is 8.90. The van der Waals surface area contributed by atoms with Crippen LogP contribution < -0.4 is 0 Å². The van der Waals surface area contributed by atoms with Crippen LogP contribution in [-0.4, -0.2) is 41.9 Å². The molecule has 19 heavy (non-hydrogen) atoms. The second-order valence-corrected chi connectivity index (χ2v) is 6.43. The molecule has 1 amide bonds. The Morgan fingerprint density at radius 1 is 1.37 bits per heavy atom. The summed E-state index contributed by atoms with van der Waals surface area (Å²) >= 11 is 0. The van der Waals surface area contributed by atoms with Crippen LogP contribution in [0, 0.1) is 17.2 Å². The lowest BCUT2D eigenvalue weighted by Gasteiger charge is -2.47. The van der Waals surface area contributed by atoms with E-state index < -0.39 is 5.60 Å². The molecule has 2 heterocycles. The number of ether oxygens (including phenoxy) is 2. The largest absolute Gasteiger partial charge is 0.444 e. The summed E-state index contributed by atoms with van der Waals surface area (Å²) in [7, 11) is 0. The van der Waals surface area contributed by atoms with E-state index >= 15 is 0 Å². The van der Waals surface area contributed by atoms with Crippen LogP contribution in [0.4, 0.5) is 4.79 Å². The fourth-order valence-corrected chi connectivity index (χ4v) is 2.94. The molecule has 2 rings (SSSR count). The molecule has 2 bridgehead atoms. The monoisotopic (exact) mass is 266 g/mol. The predicted molar refractivity (Wildman–Crippen MR) is 69.4 cm³/mol. The molecule has 0 N–H and O–H groups in total. The Labute approximate surface area is 114 Å². The minimum atomic E-state index is -0.476. The summed E-state index contributed by atoms with van der Waals surface area (Å²) in [5.74, 6) is 0.377. The van der Waals surface area contributed by atoms with Crippen LogP contribution in [0.1, 0.15) is 40.0 Å². The molecule has 106 valence electrons. The maximum Gasteiger partial charge on any atom is 0.410 e. The molecule has 2 aliphatic rings. The zero-order valence-corrected chi connectivity index (χ0v) is 11.9. The number of piperidine rings is 1. The van der Waals surface area contributed by atoms with Crippen molar-refractivity contribution in [3.05, 3.63) is 0 Å². The molecule has 0 saturated carbocycles. The first-order valence-electron chi connectivity index (χ1n) is 6.86. The molecule has 0 aromatic heterocycles. The van der Waals surface area contributed by atoms with Gasteiger partial charge in [-0.3, -0.25) is 4.90 Å². The minimum Gasteiger partial charge on any atom is -0.444 e. The molecule has 0 aromatic carbocycles. The summed E-state index contributed by atoms with van der Waals surface area (Å²) < 4.78 is 11.0. The Kier molecular flexibility index (Phi) is 4.00. The zero-order chi connectivity index (χ0) is 14.0. The van der Waals surface area contributed by atoms with Crippen molar-refractivity contribution in [1.29, 1.82) is 5.26 Å². The molecule has 0 radical (unpaired) electrons. The van der Waals surface area contributed by atoms with E-state index in [1.54, 1.807) is 0 Å². The standard InChI is InChI=1S/C14H22N2O3/c1-14(2,3)19-13(17)16-11-6-10(4-5-15)7-12(16)9-18-8-11/h10-12H,4,6-9H2,1-3H3. The summed E-state index contributed by atoms with van der Waals surface area (Å²) in [5, 5.41) is 8.82. The van der Waals surface area contributed by atoms with Gasteiger partial charge in [0.2, 0.25) is 0 Å². The van der Waals surface area contributed by atoms with Gasteiger partial charge in [0.25, 0.3) is 0 Å². The fraction of sp³-hybridized carbons (Fsp3) is 0.857. The third-order valence-electron chi connectivity index (χ3n) is 3.60. The van der Waals surface area contributed by atoms with E-state index in [1.807, 2.05) is 25.7 Å². The number of morpholine rings is 1. The van der Waals surface area contributed by atoms with E-state index in [2.05, 4.69) is 6.07 Å². The number of nitriles is 1. The fourth-order valence-electron chi connectivity index (χ4n) is 2.94. The van der Waals surface area contributed by atoms with Gasteiger partial charge in [-0.05, 0) is 39.5 Å². The molecule has 0 spiro atoms. The number of carbonyl (C=O) groups is 1. The van der Waals surface area contributed by atoms with E-state index in [4.69, 9.17) is 14.7 Å². The van der Waals surface area contributed by atoms with Gasteiger partial charge in [-0.15, -0.1) is 0 Å². The van der Waals surface area contributed by atoms with Crippen molar-refractivity contribution in [3.8, 4) is 6.07 Å². The van der Waals surface area contributed by atoms with Crippen molar-refractivity contribution in [3.63, 3.8) is 0 Å². The number of rotatable bonds is 1. The lowest BCUT2D eigenvalue weighted by Crippen LogP contribution is -2.59. The van der Waals surface area contributed by atoms with Crippen LogP contribution in [0.5, 0.6) is 0 Å². The number of nitrogens with zero attached hydrogens (tertiary/aromatic N) is 2. The SMILES string of the molecule is CC(C)(C)OC(=O)N1C2COCC1CC(CC#N)C2. The maximum absolute atomic E-state index is 12.3. The third kappa shape index (κ3) is 3.38. The van der Waals surface area contributed by atoms with E-state index in [0.29, 0.717) is 25.6 Å². The molecule has 2 atom stereocenters. The molecule has 2 aliphatic heterocycles. The molecule has 5 heteroatoms. The number of carbonyl (C=O) groups excluding carboxylic acids is 1. The first-order valence-corrected chi connectivity index (χ1v) is 6.86. The second kappa shape index (κ2) is 5.38. The average molecular weight is 266 g/mol. The van der Waals surface area contributed by atoms with Crippen LogP contribution in [0.2, 0.25) is 0 Å². The van der Waals surface area contributed by atoms with E-state index in [0.717, 1.165) is 12.8 Å². The summed E-state index contributed by atoms with van der Waals surface area (Å²) in [6, 6.07) is 2.35. The highest BCUT2D eigenvalue weighted by molar-refractivity contribution is 5.69. The van der Waals surface area contributed by atoms with Crippen LogP contribution in [0.15, 0.2) is 0 Å². The van der Waals surface area contributed by atoms with Crippen molar-refractivity contribution in [2.45, 2.75) is 57.7 Å². The highest BCUT2D eigenvalue weighted by Crippen LogP contribution is 2.34. The van der Waals surface area contributed by atoms with Gasteiger partial charge < -0.3 is 9.47 Å². The van der Waals surface area contributed by atoms with E-state index in [-0.39, 0.29) is 18.2 Å². The Hall–Kier alpha value is -1.28. The van der Waals surface area contributed by atoms with Crippen LogP contribution in [0.25, 0.3) is 0 Å². The van der Waals surface area contributed by atoms with Gasteiger partial charge in [0.15, 0.2) is 0 Å². The lowest BCUT2D eigenvalue weighted by molar-refractivity contribution is -0.0891. The summed E-state index contributed by atoms with van der Waals surface area (Å²) in [4.78, 5) is 14.1. The van der Waals surface area contributed by atoms with Crippen molar-refractivity contribution in [2.24, 2.45) is 5.92 Å². The van der Waals surface area contributed by atoms with Gasteiger partial charge in [0.05, 0.1) is 31.4 Å². The van der Waals surface area contributed by atoms with Crippen LogP contribution in [-0.2, 0) is 9.47 Å². The van der Waals surface area contributed by atoms with E-state index in [1.165, 1.54) is 0 Å². The second-order valence-electron chi connectivity index (χ2n) is 6.43. The topological polar surface area (TPSA) is 62.6 Å². The maximum atomic E-state index is 12.3. The predicted octanol–water partition coefficient (Wildman–Crippen LogP) is 2.31. The molecular weight excluding hydrogens is 244 g/mol. The zero-order valence-electron chi connectivity index (χ0n) is 11.9. The minimum absolute atomic E-state index is 0.0562. The van der Waals surface area contributed by atoms with Gasteiger partial charge in [0, 0.05) is 6.42 Å². The van der Waals surface area contributed by atoms with Gasteiger partial charge >= 0.3 is 6.09 Å². The Bertz CT molecular complexity index is 369. The highest BCUT2D eigenvalue weighted by Gasteiger charge is 2.43. The Balaban J connectivity index is 2.06. The number of fused-ring (bicyclic) bond motifs is 2. The first kappa shape index (κ1) is 14.1. The smallest absolute Gasteiger partial charge is 0.410 e. The average Bonchev–Trinajstić information content (AvgIpc) is 2.25. The molecule has 0 aromatic rings. The normalized spacial score (nSPS) is 30.6. The number of hydrogen-bond donors (Lipinski definition) is 0. The molecule has 2 fully saturated rings. The van der Waals surface area contributed by atoms with E-state index in [9.17, 15) is 4.79 Å². The van der Waals surface area contributed by atoms with Crippen LogP contribution in [0.3, 0.4) is 0 Å². The number of amides is 1. The third-order valence-corrected chi connectivity index (χ3v) is 3.60. The summed E-state index contributed by atoms with van der Waals surface area (Å²) in [6.07, 6.45) is 1.99. The summed E-state index contributed by atoms with van der Waals surface area (Å²) in [6.45, 7) is 6.73. The Morgan fingerprint density at radius 2 is 1.95 bits per heavy atom. The van der Waals surface area contributed by atoms with Gasteiger partial charge in [-0.1, -0.05) is 0 Å². The summed E-state index contributed by atoms with van der Waals surface area (Å²) in [5.41, 5.74) is -0.476. The Morgan fingerprint density at radius 3 is 2.42 bits per heavy atom. The van der Waals surface area contributed by atoms with Gasteiger partial charge in [0.1, 0.15) is 5.60 Å². The van der Waals surface area contributed by atoms with Crippen LogP contribution >= 0.6 is 0 Å². The molecule has 5 nitrogen and oxygen atoms in total. The lowest BCUT2D eigenvalue weighted by atomic mass is 9.84. The van der Waals surface area contributed by atoms with Crippen molar-refractivity contribution >= 4 is 6.09 Å². The molecule has 2 unspecified atom stereocenters. The quantitative estimate of drug-likeness (QED) is 0.730. The number of hydrogen-bond acceptors (Lipinski definition) is 4.